The Balaban J connectivity index is 4.29. The molecule has 6 nitrogen and oxygen atoms in total. The van der Waals surface area contributed by atoms with E-state index in [9.17, 15) is 14.4 Å². The molecular weight excluding hydrogens is 937 g/mol. The molecule has 0 bridgehead atoms. The van der Waals surface area contributed by atoms with Gasteiger partial charge in [-0.2, -0.15) is 0 Å². The topological polar surface area (TPSA) is 78.9 Å². The third-order valence-electron chi connectivity index (χ3n) is 16.0. The Morgan fingerprint density at radius 1 is 0.250 bits per heavy atom. The zero-order chi connectivity index (χ0) is 55.0. The van der Waals surface area contributed by atoms with Gasteiger partial charge in [0.2, 0.25) is 0 Å². The summed E-state index contributed by atoms with van der Waals surface area (Å²) < 4.78 is 17.0. The van der Waals surface area contributed by atoms with Gasteiger partial charge in [0.1, 0.15) is 13.2 Å². The highest BCUT2D eigenvalue weighted by Crippen LogP contribution is 2.19. The molecule has 1 unspecified atom stereocenters. The molecule has 0 radical (unpaired) electrons. The van der Waals surface area contributed by atoms with Gasteiger partial charge in [-0.25, -0.2) is 0 Å². The van der Waals surface area contributed by atoms with Crippen LogP contribution in [0.25, 0.3) is 0 Å². The molecule has 0 aliphatic carbocycles. The maximum absolute atomic E-state index is 12.9. The number of ether oxygens (including phenoxy) is 3. The predicted octanol–water partition coefficient (Wildman–Crippen LogP) is 23.6. The van der Waals surface area contributed by atoms with Crippen LogP contribution in [0.3, 0.4) is 0 Å². The van der Waals surface area contributed by atoms with E-state index in [1.807, 2.05) is 0 Å². The molecule has 6 heteroatoms. The molecule has 0 N–H and O–H groups in total. The van der Waals surface area contributed by atoms with Crippen molar-refractivity contribution in [2.24, 2.45) is 0 Å². The SMILES string of the molecule is CCCCCCCCCC/C=C\CCCCCCCCCCCC(=O)OCC(COC(=O)CCCCCCCCCCCCCCCCCCCC)OC(=O)CCCCCCCCCCCCCCCCCCCCC. The highest BCUT2D eigenvalue weighted by Gasteiger charge is 2.19. The first-order chi connectivity index (χ1) is 37.5. The van der Waals surface area contributed by atoms with E-state index in [2.05, 4.69) is 32.9 Å². The van der Waals surface area contributed by atoms with Gasteiger partial charge in [-0.05, 0) is 44.9 Å². The first kappa shape index (κ1) is 74.2. The Morgan fingerprint density at radius 3 is 0.658 bits per heavy atom. The van der Waals surface area contributed by atoms with E-state index >= 15 is 0 Å². The largest absolute Gasteiger partial charge is 0.462 e. The zero-order valence-electron chi connectivity index (χ0n) is 51.8. The second-order valence-corrected chi connectivity index (χ2v) is 23.8. The molecule has 76 heavy (non-hydrogen) atoms. The van der Waals surface area contributed by atoms with Gasteiger partial charge in [0.15, 0.2) is 6.10 Å². The minimum Gasteiger partial charge on any atom is -0.462 e. The number of carbonyl (C=O) groups excluding carboxylic acids is 3. The van der Waals surface area contributed by atoms with Crippen molar-refractivity contribution in [3.05, 3.63) is 12.2 Å². The number of esters is 3. The summed E-state index contributed by atoms with van der Waals surface area (Å²) in [5.74, 6) is -0.829. The molecule has 0 aliphatic rings. The lowest BCUT2D eigenvalue weighted by molar-refractivity contribution is -0.167. The van der Waals surface area contributed by atoms with Crippen molar-refractivity contribution >= 4 is 17.9 Å². The van der Waals surface area contributed by atoms with Crippen LogP contribution in [-0.2, 0) is 28.6 Å². The number of carbonyl (C=O) groups is 3. The van der Waals surface area contributed by atoms with E-state index in [1.165, 1.54) is 302 Å². The van der Waals surface area contributed by atoms with Crippen molar-refractivity contribution in [3.63, 3.8) is 0 Å². The molecule has 1 atom stereocenters. The molecule has 0 saturated heterocycles. The summed E-state index contributed by atoms with van der Waals surface area (Å²) in [5, 5.41) is 0. The van der Waals surface area contributed by atoms with Crippen molar-refractivity contribution < 1.29 is 28.6 Å². The maximum Gasteiger partial charge on any atom is 0.306 e. The van der Waals surface area contributed by atoms with Crippen molar-refractivity contribution in [3.8, 4) is 0 Å². The normalized spacial score (nSPS) is 12.0. The fourth-order valence-corrected chi connectivity index (χ4v) is 10.8. The highest BCUT2D eigenvalue weighted by molar-refractivity contribution is 5.71. The molecule has 0 aromatic rings. The van der Waals surface area contributed by atoms with E-state index in [4.69, 9.17) is 14.2 Å². The summed E-state index contributed by atoms with van der Waals surface area (Å²) in [6.45, 7) is 6.73. The van der Waals surface area contributed by atoms with E-state index in [-0.39, 0.29) is 31.1 Å². The molecule has 0 amide bonds. The third kappa shape index (κ3) is 63.0. The van der Waals surface area contributed by atoms with Gasteiger partial charge in [0.25, 0.3) is 0 Å². The molecule has 0 rings (SSSR count). The predicted molar refractivity (Wildman–Crippen MR) is 330 cm³/mol. The Labute approximate surface area is 475 Å². The van der Waals surface area contributed by atoms with Crippen molar-refractivity contribution in [1.29, 1.82) is 0 Å². The minimum atomic E-state index is -0.767. The molecule has 450 valence electrons. The van der Waals surface area contributed by atoms with Crippen LogP contribution in [0.2, 0.25) is 0 Å². The van der Waals surface area contributed by atoms with Crippen molar-refractivity contribution in [1.82, 2.24) is 0 Å². The quantitative estimate of drug-likeness (QED) is 0.0261. The zero-order valence-corrected chi connectivity index (χ0v) is 51.8. The van der Waals surface area contributed by atoms with Crippen LogP contribution >= 0.6 is 0 Å². The maximum atomic E-state index is 12.9. The average Bonchev–Trinajstić information content (AvgIpc) is 3.42. The molecule has 0 fully saturated rings. The lowest BCUT2D eigenvalue weighted by Crippen LogP contribution is -2.30. The Hall–Kier alpha value is -1.85. The summed E-state index contributed by atoms with van der Waals surface area (Å²) in [5.41, 5.74) is 0. The summed E-state index contributed by atoms with van der Waals surface area (Å²) in [6, 6.07) is 0. The van der Waals surface area contributed by atoms with Gasteiger partial charge in [0, 0.05) is 19.3 Å². The monoisotopic (exact) mass is 1070 g/mol. The fourth-order valence-electron chi connectivity index (χ4n) is 10.8. The Kier molecular flexibility index (Phi) is 64.1. The van der Waals surface area contributed by atoms with Gasteiger partial charge in [-0.15, -0.1) is 0 Å². The van der Waals surface area contributed by atoms with Crippen LogP contribution in [0.4, 0.5) is 0 Å². The van der Waals surface area contributed by atoms with Crippen LogP contribution in [0.1, 0.15) is 400 Å². The molecule has 0 heterocycles. The van der Waals surface area contributed by atoms with Crippen molar-refractivity contribution in [2.45, 2.75) is 406 Å². The van der Waals surface area contributed by atoms with Crippen LogP contribution in [0.5, 0.6) is 0 Å². The molecule has 0 spiro atoms. The standard InChI is InChI=1S/C70H134O6/c1-4-7-10-13-16-19-22-25-28-31-34-35-37-39-42-45-48-51-54-57-60-63-69(72)75-66-67(65-74-68(71)62-59-56-53-50-47-44-41-38-33-30-27-24-21-18-15-12-9-6-3)76-70(73)64-61-58-55-52-49-46-43-40-36-32-29-26-23-20-17-14-11-8-5-2/h31,34,67H,4-30,32-33,35-66H2,1-3H3/b34-31-. The van der Waals surface area contributed by atoms with Crippen LogP contribution in [0, 0.1) is 0 Å². The van der Waals surface area contributed by atoms with E-state index in [1.54, 1.807) is 0 Å². The Morgan fingerprint density at radius 2 is 0.434 bits per heavy atom. The first-order valence-electron chi connectivity index (χ1n) is 34.7. The van der Waals surface area contributed by atoms with E-state index in [0.717, 1.165) is 57.8 Å². The number of unbranched alkanes of at least 4 members (excludes halogenated alkanes) is 52. The van der Waals surface area contributed by atoms with Crippen molar-refractivity contribution in [2.75, 3.05) is 13.2 Å². The third-order valence-corrected chi connectivity index (χ3v) is 16.0. The van der Waals surface area contributed by atoms with E-state index in [0.29, 0.717) is 19.3 Å². The average molecular weight is 1070 g/mol. The highest BCUT2D eigenvalue weighted by atomic mass is 16.6. The Bertz CT molecular complexity index is 1180. The number of rotatable bonds is 65. The van der Waals surface area contributed by atoms with Gasteiger partial charge in [-0.3, -0.25) is 14.4 Å². The smallest absolute Gasteiger partial charge is 0.306 e. The molecule has 0 aromatic carbocycles. The summed E-state index contributed by atoms with van der Waals surface area (Å²) in [4.78, 5) is 38.4. The summed E-state index contributed by atoms with van der Waals surface area (Å²) >= 11 is 0. The van der Waals surface area contributed by atoms with Crippen LogP contribution in [-0.4, -0.2) is 37.2 Å². The van der Waals surface area contributed by atoms with Gasteiger partial charge < -0.3 is 14.2 Å². The second-order valence-electron chi connectivity index (χ2n) is 23.8. The lowest BCUT2D eigenvalue weighted by atomic mass is 10.0. The van der Waals surface area contributed by atoms with Crippen LogP contribution in [0.15, 0.2) is 12.2 Å². The summed E-state index contributed by atoms with van der Waals surface area (Å²) in [7, 11) is 0. The number of hydrogen-bond acceptors (Lipinski definition) is 6. The van der Waals surface area contributed by atoms with Gasteiger partial charge in [-0.1, -0.05) is 348 Å². The molecule has 0 aliphatic heterocycles. The van der Waals surface area contributed by atoms with Crippen LogP contribution < -0.4 is 0 Å². The van der Waals surface area contributed by atoms with E-state index < -0.39 is 6.10 Å². The molecule has 0 saturated carbocycles. The fraction of sp³-hybridized carbons (Fsp3) is 0.929. The molecule has 0 aromatic heterocycles. The first-order valence-corrected chi connectivity index (χ1v) is 34.7. The molecular formula is C70H134O6. The lowest BCUT2D eigenvalue weighted by Gasteiger charge is -2.18. The minimum absolute atomic E-state index is 0.0633. The van der Waals surface area contributed by atoms with Gasteiger partial charge in [0.05, 0.1) is 0 Å². The second kappa shape index (κ2) is 65.7. The number of allylic oxidation sites excluding steroid dienone is 2. The van der Waals surface area contributed by atoms with Gasteiger partial charge >= 0.3 is 17.9 Å². The summed E-state index contributed by atoms with van der Waals surface area (Å²) in [6.07, 6.45) is 78.0. The number of hydrogen-bond donors (Lipinski definition) is 0.